The predicted molar refractivity (Wildman–Crippen MR) is 86.8 cm³/mol. The highest BCUT2D eigenvalue weighted by Crippen LogP contribution is 2.39. The lowest BCUT2D eigenvalue weighted by molar-refractivity contribution is 0.0162. The van der Waals surface area contributed by atoms with E-state index in [9.17, 15) is 0 Å². The lowest BCUT2D eigenvalue weighted by Crippen LogP contribution is -2.60. The zero-order valence-corrected chi connectivity index (χ0v) is 14.2. The Morgan fingerprint density at radius 3 is 2.45 bits per heavy atom. The van der Waals surface area contributed by atoms with Crippen molar-refractivity contribution >= 4 is 0 Å². The molecule has 1 saturated carbocycles. The van der Waals surface area contributed by atoms with E-state index in [1.54, 1.807) is 0 Å². The third-order valence-corrected chi connectivity index (χ3v) is 5.84. The van der Waals surface area contributed by atoms with Crippen LogP contribution in [0.1, 0.15) is 53.4 Å². The van der Waals surface area contributed by atoms with Crippen molar-refractivity contribution in [3.05, 3.63) is 0 Å². The molecule has 0 aromatic rings. The van der Waals surface area contributed by atoms with Crippen molar-refractivity contribution in [1.82, 2.24) is 9.80 Å². The average Bonchev–Trinajstić information content (AvgIpc) is 2.39. The van der Waals surface area contributed by atoms with Crippen LogP contribution < -0.4 is 5.73 Å². The second-order valence-electron chi connectivity index (χ2n) is 8.14. The molecule has 4 atom stereocenters. The zero-order chi connectivity index (χ0) is 14.9. The topological polar surface area (TPSA) is 32.5 Å². The van der Waals surface area contributed by atoms with E-state index in [2.05, 4.69) is 44.5 Å². The van der Waals surface area contributed by atoms with Crippen LogP contribution in [0.3, 0.4) is 0 Å². The van der Waals surface area contributed by atoms with Crippen molar-refractivity contribution in [3.63, 3.8) is 0 Å². The van der Waals surface area contributed by atoms with Gasteiger partial charge in [0, 0.05) is 37.8 Å². The Bertz CT molecular complexity index is 310. The van der Waals surface area contributed by atoms with Crippen LogP contribution in [0, 0.1) is 11.3 Å². The van der Waals surface area contributed by atoms with E-state index in [1.165, 1.54) is 45.3 Å². The maximum absolute atomic E-state index is 6.48. The first-order chi connectivity index (χ1) is 9.32. The molecule has 0 amide bonds. The van der Waals surface area contributed by atoms with Crippen LogP contribution in [-0.4, -0.2) is 54.6 Å². The van der Waals surface area contributed by atoms with Gasteiger partial charge in [-0.25, -0.2) is 0 Å². The molecule has 118 valence electrons. The lowest BCUT2D eigenvalue weighted by atomic mass is 9.69. The van der Waals surface area contributed by atoms with Gasteiger partial charge in [-0.2, -0.15) is 0 Å². The minimum absolute atomic E-state index is 0.384. The molecule has 0 spiro atoms. The third kappa shape index (κ3) is 3.55. The molecule has 20 heavy (non-hydrogen) atoms. The molecule has 3 nitrogen and oxygen atoms in total. The molecule has 0 aromatic carbocycles. The molecule has 0 aromatic heterocycles. The van der Waals surface area contributed by atoms with Crippen molar-refractivity contribution in [1.29, 1.82) is 0 Å². The second kappa shape index (κ2) is 6.33. The van der Waals surface area contributed by atoms with E-state index in [1.807, 2.05) is 0 Å². The van der Waals surface area contributed by atoms with Gasteiger partial charge in [0.15, 0.2) is 0 Å². The summed E-state index contributed by atoms with van der Waals surface area (Å²) in [6, 6.07) is 1.70. The summed E-state index contributed by atoms with van der Waals surface area (Å²) < 4.78 is 0. The van der Waals surface area contributed by atoms with E-state index in [0.29, 0.717) is 23.5 Å². The summed E-state index contributed by atoms with van der Waals surface area (Å²) in [7, 11) is 2.27. The van der Waals surface area contributed by atoms with Crippen LogP contribution in [0.2, 0.25) is 0 Å². The molecule has 3 heteroatoms. The minimum Gasteiger partial charge on any atom is -0.326 e. The first-order valence-electron chi connectivity index (χ1n) is 8.52. The molecular formula is C17H35N3. The van der Waals surface area contributed by atoms with Gasteiger partial charge in [0.1, 0.15) is 0 Å². The van der Waals surface area contributed by atoms with E-state index >= 15 is 0 Å². The molecule has 1 aliphatic heterocycles. The molecule has 0 bridgehead atoms. The summed E-state index contributed by atoms with van der Waals surface area (Å²) >= 11 is 0. The maximum atomic E-state index is 6.48. The zero-order valence-electron chi connectivity index (χ0n) is 14.2. The molecule has 2 rings (SSSR count). The fraction of sp³-hybridized carbons (Fsp3) is 1.00. The van der Waals surface area contributed by atoms with Crippen LogP contribution in [-0.2, 0) is 0 Å². The van der Waals surface area contributed by atoms with Gasteiger partial charge in [-0.05, 0) is 44.1 Å². The Kier molecular flexibility index (Phi) is 5.14. The monoisotopic (exact) mass is 281 g/mol. The van der Waals surface area contributed by atoms with E-state index < -0.39 is 0 Å². The van der Waals surface area contributed by atoms with Crippen molar-refractivity contribution in [2.45, 2.75) is 71.5 Å². The molecule has 4 unspecified atom stereocenters. The Balaban J connectivity index is 2.02. The van der Waals surface area contributed by atoms with Crippen molar-refractivity contribution < 1.29 is 0 Å². The Labute approximate surface area is 125 Å². The van der Waals surface area contributed by atoms with Gasteiger partial charge in [0.05, 0.1) is 0 Å². The molecule has 2 N–H and O–H groups in total. The lowest BCUT2D eigenvalue weighted by Gasteiger charge is -2.49. The number of likely N-dealkylation sites (N-methyl/N-ethyl adjacent to an activating group) is 1. The number of piperazine rings is 1. The maximum Gasteiger partial charge on any atom is 0.0251 e. The molecule has 1 heterocycles. The van der Waals surface area contributed by atoms with Crippen LogP contribution >= 0.6 is 0 Å². The minimum atomic E-state index is 0.384. The van der Waals surface area contributed by atoms with Gasteiger partial charge in [0.25, 0.3) is 0 Å². The fourth-order valence-corrected chi connectivity index (χ4v) is 4.09. The van der Waals surface area contributed by atoms with Crippen molar-refractivity contribution in [2.75, 3.05) is 26.7 Å². The largest absolute Gasteiger partial charge is 0.326 e. The average molecular weight is 281 g/mol. The number of nitrogens with zero attached hydrogens (tertiary/aromatic N) is 2. The first kappa shape index (κ1) is 16.3. The quantitative estimate of drug-likeness (QED) is 0.844. The third-order valence-electron chi connectivity index (χ3n) is 5.84. The Hall–Kier alpha value is -0.120. The molecule has 0 radical (unpaired) electrons. The SMILES string of the molecule is CCC1CN(C2CC(C(C)(C)C)CCC2N)CCN1C. The molecule has 2 fully saturated rings. The Morgan fingerprint density at radius 2 is 1.85 bits per heavy atom. The number of hydrogen-bond acceptors (Lipinski definition) is 3. The highest BCUT2D eigenvalue weighted by Gasteiger charge is 2.38. The highest BCUT2D eigenvalue weighted by molar-refractivity contribution is 4.95. The number of rotatable bonds is 2. The summed E-state index contributed by atoms with van der Waals surface area (Å²) in [5.74, 6) is 0.826. The Morgan fingerprint density at radius 1 is 1.15 bits per heavy atom. The van der Waals surface area contributed by atoms with Crippen LogP contribution in [0.4, 0.5) is 0 Å². The fourth-order valence-electron chi connectivity index (χ4n) is 4.09. The normalized spacial score (nSPS) is 38.1. The van der Waals surface area contributed by atoms with Gasteiger partial charge in [0.2, 0.25) is 0 Å². The molecule has 1 saturated heterocycles. The summed E-state index contributed by atoms with van der Waals surface area (Å²) in [5, 5.41) is 0. The highest BCUT2D eigenvalue weighted by atomic mass is 15.3. The van der Waals surface area contributed by atoms with Crippen LogP contribution in [0.5, 0.6) is 0 Å². The van der Waals surface area contributed by atoms with E-state index in [-0.39, 0.29) is 0 Å². The van der Waals surface area contributed by atoms with Gasteiger partial charge < -0.3 is 10.6 Å². The summed E-state index contributed by atoms with van der Waals surface area (Å²) in [5.41, 5.74) is 6.91. The van der Waals surface area contributed by atoms with Crippen molar-refractivity contribution in [2.24, 2.45) is 17.1 Å². The van der Waals surface area contributed by atoms with Gasteiger partial charge in [-0.1, -0.05) is 27.7 Å². The van der Waals surface area contributed by atoms with E-state index in [4.69, 9.17) is 5.73 Å². The van der Waals surface area contributed by atoms with Gasteiger partial charge >= 0.3 is 0 Å². The summed E-state index contributed by atoms with van der Waals surface area (Å²) in [6.07, 6.45) is 5.06. The molecule has 1 aliphatic carbocycles. The molecule has 2 aliphatic rings. The van der Waals surface area contributed by atoms with Crippen LogP contribution in [0.25, 0.3) is 0 Å². The van der Waals surface area contributed by atoms with Gasteiger partial charge in [-0.15, -0.1) is 0 Å². The standard InChI is InChI=1S/C17H35N3/c1-6-14-12-20(10-9-19(14)5)16-11-13(17(2,3)4)7-8-15(16)18/h13-16H,6-12,18H2,1-5H3. The summed E-state index contributed by atoms with van der Waals surface area (Å²) in [4.78, 5) is 5.23. The second-order valence-corrected chi connectivity index (χ2v) is 8.14. The summed E-state index contributed by atoms with van der Waals surface area (Å²) in [6.45, 7) is 13.1. The van der Waals surface area contributed by atoms with E-state index in [0.717, 1.165) is 5.92 Å². The van der Waals surface area contributed by atoms with Crippen LogP contribution in [0.15, 0.2) is 0 Å². The first-order valence-corrected chi connectivity index (χ1v) is 8.52. The predicted octanol–water partition coefficient (Wildman–Crippen LogP) is 2.55. The molecular weight excluding hydrogens is 246 g/mol. The van der Waals surface area contributed by atoms with Gasteiger partial charge in [-0.3, -0.25) is 4.90 Å². The number of hydrogen-bond donors (Lipinski definition) is 1. The van der Waals surface area contributed by atoms with Crippen molar-refractivity contribution in [3.8, 4) is 0 Å². The smallest absolute Gasteiger partial charge is 0.0251 e. The number of nitrogens with two attached hydrogens (primary N) is 1.